The first-order valence-corrected chi connectivity index (χ1v) is 6.32. The van der Waals surface area contributed by atoms with Crippen molar-refractivity contribution in [1.29, 1.82) is 0 Å². The smallest absolute Gasteiger partial charge is 0.139 e. The fourth-order valence-electron chi connectivity index (χ4n) is 3.82. The fourth-order valence-corrected chi connectivity index (χ4v) is 3.82. The molecule has 1 aromatic rings. The Morgan fingerprint density at radius 3 is 2.82 bits per heavy atom. The summed E-state index contributed by atoms with van der Waals surface area (Å²) in [6, 6.07) is 10.2. The van der Waals surface area contributed by atoms with Gasteiger partial charge in [-0.25, -0.2) is 0 Å². The summed E-state index contributed by atoms with van der Waals surface area (Å²) < 4.78 is 0. The minimum absolute atomic E-state index is 0.156. The van der Waals surface area contributed by atoms with E-state index in [1.54, 1.807) is 0 Å². The topological polar surface area (TPSA) is 41.8 Å². The van der Waals surface area contributed by atoms with Crippen molar-refractivity contribution in [2.24, 2.45) is 22.9 Å². The maximum Gasteiger partial charge on any atom is 0.139 e. The van der Waals surface area contributed by atoms with Gasteiger partial charge in [-0.1, -0.05) is 35.5 Å². The molecule has 0 unspecified atom stereocenters. The summed E-state index contributed by atoms with van der Waals surface area (Å²) in [6.45, 7) is 0. The number of oxime groups is 1. The Morgan fingerprint density at radius 2 is 2.00 bits per heavy atom. The van der Waals surface area contributed by atoms with Crippen LogP contribution in [0.4, 0.5) is 0 Å². The number of nitrogens with zero attached hydrogens (tertiary/aromatic N) is 1. The van der Waals surface area contributed by atoms with Crippen LogP contribution in [0, 0.1) is 17.8 Å². The van der Waals surface area contributed by atoms with Crippen molar-refractivity contribution < 1.29 is 9.94 Å². The Labute approximate surface area is 100 Å². The van der Waals surface area contributed by atoms with Crippen LogP contribution in [0.2, 0.25) is 0 Å². The van der Waals surface area contributed by atoms with Crippen LogP contribution in [-0.2, 0) is 4.84 Å². The fraction of sp³-hybridized carbons (Fsp3) is 0.500. The molecule has 88 valence electrons. The molecule has 0 aromatic heterocycles. The van der Waals surface area contributed by atoms with Crippen molar-refractivity contribution >= 4 is 5.71 Å². The number of fused-ring (bicyclic) bond motifs is 5. The lowest BCUT2D eigenvalue weighted by atomic mass is 9.80. The van der Waals surface area contributed by atoms with Crippen LogP contribution in [0.25, 0.3) is 0 Å². The van der Waals surface area contributed by atoms with Crippen LogP contribution in [0.15, 0.2) is 35.5 Å². The summed E-state index contributed by atoms with van der Waals surface area (Å²) in [5.41, 5.74) is 2.18. The molecule has 1 aromatic carbocycles. The highest BCUT2D eigenvalue weighted by atomic mass is 16.6. The largest absolute Gasteiger partial charge is 0.393 e. The number of hydrogen-bond donors (Lipinski definition) is 1. The zero-order valence-corrected chi connectivity index (χ0v) is 9.49. The van der Waals surface area contributed by atoms with E-state index in [1.165, 1.54) is 0 Å². The van der Waals surface area contributed by atoms with E-state index in [2.05, 4.69) is 17.3 Å². The molecule has 3 nitrogen and oxygen atoms in total. The Balaban J connectivity index is 1.71. The van der Waals surface area contributed by atoms with E-state index in [9.17, 15) is 5.11 Å². The minimum Gasteiger partial charge on any atom is -0.393 e. The van der Waals surface area contributed by atoms with Gasteiger partial charge in [-0.15, -0.1) is 0 Å². The van der Waals surface area contributed by atoms with Crippen molar-refractivity contribution in [3.63, 3.8) is 0 Å². The maximum atomic E-state index is 10.0. The van der Waals surface area contributed by atoms with Gasteiger partial charge < -0.3 is 9.94 Å². The molecular formula is C14H15NO2. The molecule has 4 rings (SSSR count). The second-order valence-electron chi connectivity index (χ2n) is 5.40. The van der Waals surface area contributed by atoms with Gasteiger partial charge in [-0.05, 0) is 24.3 Å². The van der Waals surface area contributed by atoms with Crippen molar-refractivity contribution in [1.82, 2.24) is 0 Å². The van der Waals surface area contributed by atoms with Crippen LogP contribution in [0.3, 0.4) is 0 Å². The van der Waals surface area contributed by atoms with Crippen molar-refractivity contribution in [3.8, 4) is 0 Å². The zero-order chi connectivity index (χ0) is 11.4. The number of aliphatic hydroxyl groups is 1. The van der Waals surface area contributed by atoms with Gasteiger partial charge in [0.2, 0.25) is 0 Å². The Bertz CT molecular complexity index is 470. The lowest BCUT2D eigenvalue weighted by molar-refractivity contribution is -0.00698. The molecular weight excluding hydrogens is 214 g/mol. The average Bonchev–Trinajstić information content (AvgIpc) is 3.00. The molecule has 0 amide bonds. The highest BCUT2D eigenvalue weighted by Crippen LogP contribution is 2.53. The van der Waals surface area contributed by atoms with Gasteiger partial charge in [-0.2, -0.15) is 0 Å². The van der Waals surface area contributed by atoms with Gasteiger partial charge >= 0.3 is 0 Å². The molecule has 1 aliphatic heterocycles. The Hall–Kier alpha value is -1.35. The summed E-state index contributed by atoms with van der Waals surface area (Å²) in [5.74, 6) is 1.17. The Kier molecular flexibility index (Phi) is 1.89. The molecule has 3 heteroatoms. The van der Waals surface area contributed by atoms with E-state index in [4.69, 9.17) is 4.84 Å². The van der Waals surface area contributed by atoms with Crippen LogP contribution < -0.4 is 0 Å². The predicted octanol–water partition coefficient (Wildman–Crippen LogP) is 1.81. The third-order valence-corrected chi connectivity index (χ3v) is 4.55. The number of rotatable bonds is 1. The monoisotopic (exact) mass is 229 g/mol. The van der Waals surface area contributed by atoms with E-state index in [1.807, 2.05) is 18.2 Å². The van der Waals surface area contributed by atoms with E-state index < -0.39 is 0 Å². The van der Waals surface area contributed by atoms with Gasteiger partial charge in [0.25, 0.3) is 0 Å². The standard InChI is InChI=1S/C14H15NO2/c16-11-7-9-6-10(11)12-13(15-17-14(9)12)8-4-2-1-3-5-8/h1-5,9-12,14,16H,6-7H2/t9-,10+,11-,12-,14-/m0/s1. The third-order valence-electron chi connectivity index (χ3n) is 4.55. The van der Waals surface area contributed by atoms with Gasteiger partial charge in [-0.3, -0.25) is 0 Å². The van der Waals surface area contributed by atoms with Crippen molar-refractivity contribution in [2.45, 2.75) is 25.0 Å². The zero-order valence-electron chi connectivity index (χ0n) is 9.49. The average molecular weight is 229 g/mol. The van der Waals surface area contributed by atoms with Gasteiger partial charge in [0.05, 0.1) is 17.7 Å². The lowest BCUT2D eigenvalue weighted by Crippen LogP contribution is -2.36. The predicted molar refractivity (Wildman–Crippen MR) is 63.6 cm³/mol. The Morgan fingerprint density at radius 1 is 1.18 bits per heavy atom. The maximum absolute atomic E-state index is 10.0. The molecule has 2 saturated carbocycles. The minimum atomic E-state index is -0.156. The van der Waals surface area contributed by atoms with E-state index >= 15 is 0 Å². The lowest BCUT2D eigenvalue weighted by Gasteiger charge is -2.27. The first-order valence-electron chi connectivity index (χ1n) is 6.32. The highest BCUT2D eigenvalue weighted by Gasteiger charge is 2.58. The van der Waals surface area contributed by atoms with Gasteiger partial charge in [0, 0.05) is 5.92 Å². The molecule has 5 atom stereocenters. The van der Waals surface area contributed by atoms with Crippen LogP contribution in [-0.4, -0.2) is 23.0 Å². The van der Waals surface area contributed by atoms with Crippen molar-refractivity contribution in [2.75, 3.05) is 0 Å². The number of hydrogen-bond acceptors (Lipinski definition) is 3. The van der Waals surface area contributed by atoms with Gasteiger partial charge in [0.1, 0.15) is 6.10 Å². The molecule has 3 aliphatic rings. The molecule has 2 bridgehead atoms. The van der Waals surface area contributed by atoms with Crippen LogP contribution in [0.1, 0.15) is 18.4 Å². The van der Waals surface area contributed by atoms with E-state index in [0.29, 0.717) is 17.8 Å². The quantitative estimate of drug-likeness (QED) is 0.798. The summed E-state index contributed by atoms with van der Waals surface area (Å²) in [7, 11) is 0. The molecule has 0 saturated heterocycles. The van der Waals surface area contributed by atoms with Crippen LogP contribution in [0.5, 0.6) is 0 Å². The molecule has 0 spiro atoms. The molecule has 1 N–H and O–H groups in total. The first kappa shape index (κ1) is 9.66. The number of aliphatic hydroxyl groups excluding tert-OH is 1. The highest BCUT2D eigenvalue weighted by molar-refractivity contribution is 6.03. The normalized spacial score (nSPS) is 42.2. The summed E-state index contributed by atoms with van der Waals surface area (Å²) in [5, 5.41) is 14.3. The first-order chi connectivity index (χ1) is 8.34. The second-order valence-corrected chi connectivity index (χ2v) is 5.40. The van der Waals surface area contributed by atoms with Gasteiger partial charge in [0.15, 0.2) is 0 Å². The molecule has 0 radical (unpaired) electrons. The van der Waals surface area contributed by atoms with Crippen molar-refractivity contribution in [3.05, 3.63) is 35.9 Å². The molecule has 2 aliphatic carbocycles. The summed E-state index contributed by atoms with van der Waals surface area (Å²) in [6.07, 6.45) is 2.06. The second kappa shape index (κ2) is 3.33. The molecule has 2 fully saturated rings. The molecule has 17 heavy (non-hydrogen) atoms. The van der Waals surface area contributed by atoms with E-state index in [-0.39, 0.29) is 12.2 Å². The van der Waals surface area contributed by atoms with Crippen LogP contribution >= 0.6 is 0 Å². The molecule has 1 heterocycles. The SMILES string of the molecule is O[C@H]1C[C@@H]2C[C@H]1[C@H]1C(c3ccccc3)=NO[C@@H]21. The summed E-state index contributed by atoms with van der Waals surface area (Å²) in [4.78, 5) is 5.60. The summed E-state index contributed by atoms with van der Waals surface area (Å²) >= 11 is 0. The third kappa shape index (κ3) is 1.23. The number of benzene rings is 1. The van der Waals surface area contributed by atoms with E-state index in [0.717, 1.165) is 24.1 Å².